The maximum atomic E-state index is 12.4. The molecule has 0 saturated heterocycles. The third kappa shape index (κ3) is 3.59. The average molecular weight is 349 g/mol. The van der Waals surface area contributed by atoms with Crippen molar-refractivity contribution in [3.63, 3.8) is 0 Å². The highest BCUT2D eigenvalue weighted by Crippen LogP contribution is 2.29. The Labute approximate surface area is 133 Å². The Morgan fingerprint density at radius 3 is 2.62 bits per heavy atom. The van der Waals surface area contributed by atoms with E-state index in [1.54, 1.807) is 19.1 Å². The summed E-state index contributed by atoms with van der Waals surface area (Å²) in [5.74, 6) is 0.503. The molecule has 5 nitrogen and oxygen atoms in total. The number of nitrogens with two attached hydrogens (primary N) is 1. The van der Waals surface area contributed by atoms with Crippen LogP contribution in [0.4, 0.5) is 0 Å². The van der Waals surface area contributed by atoms with Crippen LogP contribution in [0.1, 0.15) is 24.3 Å². The van der Waals surface area contributed by atoms with Crippen molar-refractivity contribution in [2.24, 2.45) is 5.73 Å². The van der Waals surface area contributed by atoms with E-state index in [0.717, 1.165) is 0 Å². The summed E-state index contributed by atoms with van der Waals surface area (Å²) < 4.78 is 32.5. The minimum atomic E-state index is -3.82. The summed E-state index contributed by atoms with van der Waals surface area (Å²) in [6, 6.07) is 5.58. The van der Waals surface area contributed by atoms with E-state index in [-0.39, 0.29) is 16.5 Å². The van der Waals surface area contributed by atoms with E-state index in [9.17, 15) is 8.42 Å². The first-order valence-electron chi connectivity index (χ1n) is 6.09. The second kappa shape index (κ2) is 6.37. The molecule has 0 amide bonds. The number of sulfonamides is 1. The van der Waals surface area contributed by atoms with Gasteiger partial charge in [-0.1, -0.05) is 23.2 Å². The first-order valence-corrected chi connectivity index (χ1v) is 8.33. The number of hydrogen-bond acceptors (Lipinski definition) is 4. The van der Waals surface area contributed by atoms with Gasteiger partial charge >= 0.3 is 0 Å². The van der Waals surface area contributed by atoms with Crippen molar-refractivity contribution in [1.29, 1.82) is 0 Å². The van der Waals surface area contributed by atoms with Crippen LogP contribution in [0.15, 0.2) is 39.8 Å². The molecule has 0 fully saturated rings. The summed E-state index contributed by atoms with van der Waals surface area (Å²) in [5.41, 5.74) is 6.04. The Morgan fingerprint density at radius 2 is 2.05 bits per heavy atom. The number of benzene rings is 1. The van der Waals surface area contributed by atoms with E-state index in [2.05, 4.69) is 4.72 Å². The largest absolute Gasteiger partial charge is 0.468 e. The molecule has 1 unspecified atom stereocenters. The number of nitrogens with one attached hydrogen (secondary N) is 1. The summed E-state index contributed by atoms with van der Waals surface area (Å²) in [7, 11) is -3.82. The first kappa shape index (κ1) is 16.3. The highest BCUT2D eigenvalue weighted by molar-refractivity contribution is 7.89. The lowest BCUT2D eigenvalue weighted by molar-refractivity contribution is 0.459. The molecular weight excluding hydrogens is 335 g/mol. The zero-order valence-corrected chi connectivity index (χ0v) is 13.5. The summed E-state index contributed by atoms with van der Waals surface area (Å²) >= 11 is 11.9. The molecule has 21 heavy (non-hydrogen) atoms. The van der Waals surface area contributed by atoms with Gasteiger partial charge in [0, 0.05) is 11.6 Å². The van der Waals surface area contributed by atoms with Gasteiger partial charge in [-0.25, -0.2) is 13.1 Å². The quantitative estimate of drug-likeness (QED) is 0.869. The van der Waals surface area contributed by atoms with Crippen LogP contribution in [0.2, 0.25) is 10.0 Å². The standard InChI is InChI=1S/C13H14Cl2N2O3S/c1-8(12-3-2-4-20-12)17-21(18,19)13-5-9(7-16)10(14)6-11(13)15/h2-6,8,17H,7,16H2,1H3. The van der Waals surface area contributed by atoms with E-state index < -0.39 is 16.1 Å². The smallest absolute Gasteiger partial charge is 0.242 e. The lowest BCUT2D eigenvalue weighted by atomic mass is 10.2. The van der Waals surface area contributed by atoms with Crippen molar-refractivity contribution in [3.05, 3.63) is 51.9 Å². The Hall–Kier alpha value is -1.05. The second-order valence-corrected chi connectivity index (χ2v) is 6.93. The van der Waals surface area contributed by atoms with Crippen LogP contribution in [0.3, 0.4) is 0 Å². The fourth-order valence-corrected chi connectivity index (χ4v) is 3.91. The van der Waals surface area contributed by atoms with Crippen LogP contribution in [0.25, 0.3) is 0 Å². The fraction of sp³-hybridized carbons (Fsp3) is 0.231. The van der Waals surface area contributed by atoms with Crippen LogP contribution < -0.4 is 10.5 Å². The Bertz CT molecular complexity index is 730. The zero-order valence-electron chi connectivity index (χ0n) is 11.1. The number of rotatable bonds is 5. The third-order valence-corrected chi connectivity index (χ3v) is 5.27. The predicted molar refractivity (Wildman–Crippen MR) is 81.8 cm³/mol. The van der Waals surface area contributed by atoms with Crippen LogP contribution in [0.5, 0.6) is 0 Å². The average Bonchev–Trinajstić information content (AvgIpc) is 2.91. The predicted octanol–water partition coefficient (Wildman–Crippen LogP) is 3.08. The Balaban J connectivity index is 2.36. The summed E-state index contributed by atoms with van der Waals surface area (Å²) in [6.07, 6.45) is 1.47. The van der Waals surface area contributed by atoms with E-state index >= 15 is 0 Å². The van der Waals surface area contributed by atoms with Gasteiger partial charge < -0.3 is 10.2 Å². The van der Waals surface area contributed by atoms with Gasteiger partial charge in [-0.15, -0.1) is 0 Å². The third-order valence-electron chi connectivity index (χ3n) is 2.91. The molecule has 1 heterocycles. The summed E-state index contributed by atoms with van der Waals surface area (Å²) in [6.45, 7) is 1.79. The lowest BCUT2D eigenvalue weighted by Crippen LogP contribution is -2.27. The van der Waals surface area contributed by atoms with Gasteiger partial charge in [0.25, 0.3) is 0 Å². The number of halogens is 2. The lowest BCUT2D eigenvalue weighted by Gasteiger charge is -2.14. The molecule has 8 heteroatoms. The van der Waals surface area contributed by atoms with E-state index in [1.807, 2.05) is 0 Å². The topological polar surface area (TPSA) is 85.3 Å². The van der Waals surface area contributed by atoms with Gasteiger partial charge in [-0.3, -0.25) is 0 Å². The zero-order chi connectivity index (χ0) is 15.6. The van der Waals surface area contributed by atoms with Gasteiger partial charge in [-0.2, -0.15) is 0 Å². The molecule has 0 aliphatic carbocycles. The number of hydrogen-bond donors (Lipinski definition) is 2. The molecule has 0 saturated carbocycles. The Kier molecular flexibility index (Phi) is 4.95. The minimum absolute atomic E-state index is 0.0383. The van der Waals surface area contributed by atoms with Crippen LogP contribution in [0, 0.1) is 0 Å². The van der Waals surface area contributed by atoms with Gasteiger partial charge in [0.05, 0.1) is 17.3 Å². The molecule has 3 N–H and O–H groups in total. The van der Waals surface area contributed by atoms with Gasteiger partial charge in [-0.05, 0) is 36.8 Å². The van der Waals surface area contributed by atoms with E-state index in [0.29, 0.717) is 16.3 Å². The molecule has 2 aromatic rings. The summed E-state index contributed by atoms with van der Waals surface area (Å²) in [5, 5.41) is 0.372. The van der Waals surface area contributed by atoms with Crippen molar-refractivity contribution < 1.29 is 12.8 Å². The van der Waals surface area contributed by atoms with Crippen LogP contribution in [-0.4, -0.2) is 8.42 Å². The van der Waals surface area contributed by atoms with Crippen molar-refractivity contribution in [1.82, 2.24) is 4.72 Å². The molecule has 0 spiro atoms. The molecule has 0 aliphatic rings. The molecule has 1 atom stereocenters. The van der Waals surface area contributed by atoms with Crippen molar-refractivity contribution in [2.45, 2.75) is 24.4 Å². The van der Waals surface area contributed by atoms with Crippen LogP contribution in [-0.2, 0) is 16.6 Å². The van der Waals surface area contributed by atoms with Gasteiger partial charge in [0.2, 0.25) is 10.0 Å². The molecule has 2 rings (SSSR count). The van der Waals surface area contributed by atoms with Gasteiger partial charge in [0.15, 0.2) is 0 Å². The second-order valence-electron chi connectivity index (χ2n) is 4.44. The molecule has 0 bridgehead atoms. The van der Waals surface area contributed by atoms with Crippen molar-refractivity contribution >= 4 is 33.2 Å². The monoisotopic (exact) mass is 348 g/mol. The van der Waals surface area contributed by atoms with Crippen LogP contribution >= 0.6 is 23.2 Å². The maximum Gasteiger partial charge on any atom is 0.242 e. The summed E-state index contributed by atoms with van der Waals surface area (Å²) in [4.78, 5) is -0.0626. The minimum Gasteiger partial charge on any atom is -0.468 e. The van der Waals surface area contributed by atoms with Crippen molar-refractivity contribution in [2.75, 3.05) is 0 Å². The SMILES string of the molecule is CC(NS(=O)(=O)c1cc(CN)c(Cl)cc1Cl)c1ccco1. The molecule has 1 aromatic carbocycles. The molecule has 1 aromatic heterocycles. The van der Waals surface area contributed by atoms with E-state index in [4.69, 9.17) is 33.4 Å². The number of furan rings is 1. The van der Waals surface area contributed by atoms with Gasteiger partial charge in [0.1, 0.15) is 10.7 Å². The highest BCUT2D eigenvalue weighted by Gasteiger charge is 2.23. The molecular formula is C13H14Cl2N2O3S. The maximum absolute atomic E-state index is 12.4. The first-order chi connectivity index (χ1) is 9.85. The normalized spacial score (nSPS) is 13.3. The molecule has 0 aliphatic heterocycles. The molecule has 114 valence electrons. The highest BCUT2D eigenvalue weighted by atomic mass is 35.5. The fourth-order valence-electron chi connectivity index (χ4n) is 1.83. The van der Waals surface area contributed by atoms with E-state index in [1.165, 1.54) is 18.4 Å². The van der Waals surface area contributed by atoms with Crippen molar-refractivity contribution in [3.8, 4) is 0 Å². The Morgan fingerprint density at radius 1 is 1.33 bits per heavy atom. The molecule has 0 radical (unpaired) electrons.